The summed E-state index contributed by atoms with van der Waals surface area (Å²) in [4.78, 5) is 11.9. The average molecular weight is 211 g/mol. The van der Waals surface area contributed by atoms with Crippen molar-refractivity contribution in [3.63, 3.8) is 0 Å². The van der Waals surface area contributed by atoms with Gasteiger partial charge >= 0.3 is 5.97 Å². The molecule has 0 amide bonds. The third kappa shape index (κ3) is 2.03. The second kappa shape index (κ2) is 4.96. The van der Waals surface area contributed by atoms with E-state index in [1.165, 1.54) is 0 Å². The summed E-state index contributed by atoms with van der Waals surface area (Å²) in [5, 5.41) is 12.1. The molecule has 1 unspecified atom stereocenters. The second-order valence-corrected chi connectivity index (χ2v) is 3.70. The average Bonchev–Trinajstić information content (AvgIpc) is 2.63. The smallest absolute Gasteiger partial charge is 0.318 e. The van der Waals surface area contributed by atoms with Crippen LogP contribution in [0.3, 0.4) is 0 Å². The van der Waals surface area contributed by atoms with E-state index in [2.05, 4.69) is 11.7 Å². The van der Waals surface area contributed by atoms with Gasteiger partial charge in [-0.15, -0.1) is 6.58 Å². The Labute approximate surface area is 89.6 Å². The maximum atomic E-state index is 11.9. The fourth-order valence-electron chi connectivity index (χ4n) is 2.13. The summed E-state index contributed by atoms with van der Waals surface area (Å²) in [5.41, 5.74) is -0.229. The first-order valence-corrected chi connectivity index (χ1v) is 5.20. The highest BCUT2D eigenvalue weighted by atomic mass is 16.5. The standard InChI is InChI=1S/C11H17NO3/c1-3-7-11(10(13)15-4-2)8-5-6-9(11)12-14/h3,14H,1,4-8H2,2H3/b12-9-. The Bertz CT molecular complexity index is 286. The molecule has 1 fully saturated rings. The zero-order valence-corrected chi connectivity index (χ0v) is 9.03. The van der Waals surface area contributed by atoms with Gasteiger partial charge in [-0.3, -0.25) is 4.79 Å². The van der Waals surface area contributed by atoms with Crippen LogP contribution in [0.25, 0.3) is 0 Å². The largest absolute Gasteiger partial charge is 0.465 e. The van der Waals surface area contributed by atoms with E-state index >= 15 is 0 Å². The second-order valence-electron chi connectivity index (χ2n) is 3.70. The van der Waals surface area contributed by atoms with Gasteiger partial charge in [-0.25, -0.2) is 0 Å². The minimum atomic E-state index is -0.757. The topological polar surface area (TPSA) is 58.9 Å². The number of allylic oxidation sites excluding steroid dienone is 1. The van der Waals surface area contributed by atoms with Crippen LogP contribution >= 0.6 is 0 Å². The van der Waals surface area contributed by atoms with Gasteiger partial charge in [0.05, 0.1) is 12.3 Å². The lowest BCUT2D eigenvalue weighted by molar-refractivity contribution is -0.151. The Morgan fingerprint density at radius 3 is 3.07 bits per heavy atom. The zero-order valence-electron chi connectivity index (χ0n) is 9.03. The summed E-state index contributed by atoms with van der Waals surface area (Å²) in [5.74, 6) is -0.296. The molecular formula is C11H17NO3. The number of rotatable bonds is 4. The Kier molecular flexibility index (Phi) is 3.88. The predicted octanol–water partition coefficient (Wildman–Crippen LogP) is 2.13. The molecule has 0 radical (unpaired) electrons. The van der Waals surface area contributed by atoms with Crippen molar-refractivity contribution in [2.75, 3.05) is 6.61 Å². The van der Waals surface area contributed by atoms with Gasteiger partial charge in [0.2, 0.25) is 0 Å². The third-order valence-corrected chi connectivity index (χ3v) is 2.85. The molecule has 0 spiro atoms. The molecule has 1 saturated carbocycles. The number of hydrogen-bond acceptors (Lipinski definition) is 4. The quantitative estimate of drug-likeness (QED) is 0.335. The molecule has 4 heteroatoms. The van der Waals surface area contributed by atoms with Gasteiger partial charge in [0.25, 0.3) is 0 Å². The zero-order chi connectivity index (χ0) is 11.3. The highest BCUT2D eigenvalue weighted by molar-refractivity contribution is 6.08. The molecule has 1 rings (SSSR count). The molecule has 0 bridgehead atoms. The van der Waals surface area contributed by atoms with Crippen LogP contribution in [0.5, 0.6) is 0 Å². The van der Waals surface area contributed by atoms with Crippen LogP contribution < -0.4 is 0 Å². The van der Waals surface area contributed by atoms with E-state index in [0.717, 1.165) is 6.42 Å². The maximum absolute atomic E-state index is 11.9. The fourth-order valence-corrected chi connectivity index (χ4v) is 2.13. The van der Waals surface area contributed by atoms with Crippen LogP contribution in [-0.2, 0) is 9.53 Å². The van der Waals surface area contributed by atoms with Gasteiger partial charge in [0.1, 0.15) is 5.41 Å². The summed E-state index contributed by atoms with van der Waals surface area (Å²) in [6, 6.07) is 0. The fraction of sp³-hybridized carbons (Fsp3) is 0.636. The minimum absolute atomic E-state index is 0.296. The van der Waals surface area contributed by atoms with Crippen molar-refractivity contribution >= 4 is 11.7 Å². The van der Waals surface area contributed by atoms with Crippen LogP contribution in [0.4, 0.5) is 0 Å². The van der Waals surface area contributed by atoms with Gasteiger partial charge in [0.15, 0.2) is 0 Å². The van der Waals surface area contributed by atoms with Crippen molar-refractivity contribution in [3.05, 3.63) is 12.7 Å². The molecule has 0 aromatic carbocycles. The van der Waals surface area contributed by atoms with Crippen LogP contribution in [0, 0.1) is 5.41 Å². The SMILES string of the molecule is C=CCC1(C(=O)OCC)CCC/C1=N/O. The van der Waals surface area contributed by atoms with Crippen molar-refractivity contribution in [1.29, 1.82) is 0 Å². The summed E-state index contributed by atoms with van der Waals surface area (Å²) in [7, 11) is 0. The molecule has 0 saturated heterocycles. The van der Waals surface area contributed by atoms with Gasteiger partial charge in [-0.1, -0.05) is 11.2 Å². The molecule has 4 nitrogen and oxygen atoms in total. The van der Waals surface area contributed by atoms with Crippen LogP contribution in [-0.4, -0.2) is 23.5 Å². The van der Waals surface area contributed by atoms with E-state index < -0.39 is 5.41 Å². The van der Waals surface area contributed by atoms with Crippen LogP contribution in [0.15, 0.2) is 17.8 Å². The third-order valence-electron chi connectivity index (χ3n) is 2.85. The molecule has 0 aliphatic heterocycles. The molecule has 0 aromatic rings. The molecular weight excluding hydrogens is 194 g/mol. The maximum Gasteiger partial charge on any atom is 0.318 e. The summed E-state index contributed by atoms with van der Waals surface area (Å²) >= 11 is 0. The molecule has 0 aromatic heterocycles. The summed E-state index contributed by atoms with van der Waals surface area (Å²) < 4.78 is 5.04. The van der Waals surface area contributed by atoms with E-state index in [1.54, 1.807) is 13.0 Å². The number of esters is 1. The van der Waals surface area contributed by atoms with Gasteiger partial charge in [-0.2, -0.15) is 0 Å². The molecule has 1 atom stereocenters. The minimum Gasteiger partial charge on any atom is -0.465 e. The Balaban J connectivity index is 2.96. The lowest BCUT2D eigenvalue weighted by Gasteiger charge is -2.25. The van der Waals surface area contributed by atoms with Crippen molar-refractivity contribution < 1.29 is 14.7 Å². The van der Waals surface area contributed by atoms with E-state index in [-0.39, 0.29) is 5.97 Å². The lowest BCUT2D eigenvalue weighted by Crippen LogP contribution is -2.36. The van der Waals surface area contributed by atoms with Gasteiger partial charge < -0.3 is 9.94 Å². The summed E-state index contributed by atoms with van der Waals surface area (Å²) in [6.07, 6.45) is 4.34. The van der Waals surface area contributed by atoms with E-state index in [9.17, 15) is 4.79 Å². The van der Waals surface area contributed by atoms with Gasteiger partial charge in [-0.05, 0) is 32.6 Å². The van der Waals surface area contributed by atoms with Crippen molar-refractivity contribution in [2.45, 2.75) is 32.6 Å². The molecule has 1 aliphatic rings. The lowest BCUT2D eigenvalue weighted by atomic mass is 9.81. The number of nitrogens with zero attached hydrogens (tertiary/aromatic N) is 1. The van der Waals surface area contributed by atoms with Crippen molar-refractivity contribution in [1.82, 2.24) is 0 Å². The number of ether oxygens (including phenoxy) is 1. The number of hydrogen-bond donors (Lipinski definition) is 1. The monoisotopic (exact) mass is 211 g/mol. The van der Waals surface area contributed by atoms with Crippen molar-refractivity contribution in [3.8, 4) is 0 Å². The Hall–Kier alpha value is -1.32. The van der Waals surface area contributed by atoms with E-state index in [1.807, 2.05) is 0 Å². The molecule has 15 heavy (non-hydrogen) atoms. The first-order chi connectivity index (χ1) is 7.21. The van der Waals surface area contributed by atoms with E-state index in [4.69, 9.17) is 9.94 Å². The van der Waals surface area contributed by atoms with Crippen LogP contribution in [0.1, 0.15) is 32.6 Å². The Morgan fingerprint density at radius 1 is 1.80 bits per heavy atom. The first-order valence-electron chi connectivity index (χ1n) is 5.20. The first kappa shape index (κ1) is 11.8. The molecule has 84 valence electrons. The highest BCUT2D eigenvalue weighted by Crippen LogP contribution is 2.40. The summed E-state index contributed by atoms with van der Waals surface area (Å²) in [6.45, 7) is 5.75. The van der Waals surface area contributed by atoms with Gasteiger partial charge in [0, 0.05) is 0 Å². The normalized spacial score (nSPS) is 27.9. The molecule has 1 N–H and O–H groups in total. The van der Waals surface area contributed by atoms with E-state index in [0.29, 0.717) is 31.6 Å². The van der Waals surface area contributed by atoms with Crippen LogP contribution in [0.2, 0.25) is 0 Å². The number of oxime groups is 1. The highest BCUT2D eigenvalue weighted by Gasteiger charge is 2.47. The number of carbonyl (C=O) groups is 1. The Morgan fingerprint density at radius 2 is 2.53 bits per heavy atom. The number of carbonyl (C=O) groups excluding carboxylic acids is 1. The predicted molar refractivity (Wildman–Crippen MR) is 57.0 cm³/mol. The van der Waals surface area contributed by atoms with Crippen molar-refractivity contribution in [2.24, 2.45) is 10.6 Å². The molecule has 1 aliphatic carbocycles. The molecule has 0 heterocycles.